The zero-order valence-corrected chi connectivity index (χ0v) is 10.3. The first-order valence-corrected chi connectivity index (χ1v) is 6.36. The Bertz CT molecular complexity index is 609. The van der Waals surface area contributed by atoms with Crippen LogP contribution in [0.5, 0.6) is 0 Å². The van der Waals surface area contributed by atoms with Gasteiger partial charge in [-0.1, -0.05) is 23.7 Å². The van der Waals surface area contributed by atoms with Gasteiger partial charge in [0.25, 0.3) is 0 Å². The minimum absolute atomic E-state index is 0.153. The number of halogens is 1. The number of hydrogen-bond donors (Lipinski definition) is 0. The maximum atomic E-state index is 13.1. The lowest BCUT2D eigenvalue weighted by molar-refractivity contribution is -0.122. The minimum Gasteiger partial charge on any atom is -0.338 e. The van der Waals surface area contributed by atoms with Crippen molar-refractivity contribution in [1.29, 1.82) is 0 Å². The summed E-state index contributed by atoms with van der Waals surface area (Å²) in [5, 5.41) is 3.83. The van der Waals surface area contributed by atoms with Gasteiger partial charge >= 0.3 is 0 Å². The molecule has 0 saturated heterocycles. The number of carbonyl (C=O) groups excluding carboxylic acids is 1. The summed E-state index contributed by atoms with van der Waals surface area (Å²) in [7, 11) is 0. The van der Waals surface area contributed by atoms with Crippen LogP contribution in [-0.2, 0) is 4.79 Å². The van der Waals surface area contributed by atoms with Crippen LogP contribution in [0.3, 0.4) is 0 Å². The average Bonchev–Trinajstić information content (AvgIpc) is 2.89. The third kappa shape index (κ3) is 2.41. The molecule has 1 heterocycles. The molecular weight excluding hydrogens is 247 g/mol. The summed E-state index contributed by atoms with van der Waals surface area (Å²) in [6.07, 6.45) is 3.25. The van der Waals surface area contributed by atoms with Crippen molar-refractivity contribution in [1.82, 2.24) is 10.1 Å². The highest BCUT2D eigenvalue weighted by Gasteiger charge is 2.29. The molecule has 0 bridgehead atoms. The monoisotopic (exact) mass is 260 g/mol. The van der Waals surface area contributed by atoms with Crippen molar-refractivity contribution in [3.05, 3.63) is 36.0 Å². The summed E-state index contributed by atoms with van der Waals surface area (Å²) in [6, 6.07) is 6.00. The van der Waals surface area contributed by atoms with Crippen LogP contribution in [0.25, 0.3) is 11.4 Å². The number of benzene rings is 1. The Labute approximate surface area is 109 Å². The summed E-state index contributed by atoms with van der Waals surface area (Å²) in [5.74, 6) is 0.193. The van der Waals surface area contributed by atoms with Crippen LogP contribution in [0.1, 0.15) is 37.5 Å². The van der Waals surface area contributed by atoms with Crippen LogP contribution in [-0.4, -0.2) is 15.9 Å². The van der Waals surface area contributed by atoms with E-state index in [1.807, 2.05) is 0 Å². The SMILES string of the molecule is O=C1CCCCC1c1nc(-c2cccc(F)c2)no1. The molecule has 1 aliphatic carbocycles. The van der Waals surface area contributed by atoms with E-state index in [0.29, 0.717) is 23.7 Å². The molecule has 0 radical (unpaired) electrons. The highest BCUT2D eigenvalue weighted by molar-refractivity contribution is 5.85. The third-order valence-corrected chi connectivity index (χ3v) is 3.38. The van der Waals surface area contributed by atoms with Crippen LogP contribution in [0.2, 0.25) is 0 Å². The molecule has 4 nitrogen and oxygen atoms in total. The predicted octanol–water partition coefficient (Wildman–Crippen LogP) is 3.10. The Hall–Kier alpha value is -2.04. The normalized spacial score (nSPS) is 19.6. The second-order valence-electron chi connectivity index (χ2n) is 4.73. The van der Waals surface area contributed by atoms with Gasteiger partial charge in [-0.15, -0.1) is 0 Å². The molecule has 5 heteroatoms. The topological polar surface area (TPSA) is 56.0 Å². The quantitative estimate of drug-likeness (QED) is 0.832. The van der Waals surface area contributed by atoms with Crippen molar-refractivity contribution in [2.24, 2.45) is 0 Å². The third-order valence-electron chi connectivity index (χ3n) is 3.38. The van der Waals surface area contributed by atoms with E-state index in [2.05, 4.69) is 10.1 Å². The minimum atomic E-state index is -0.349. The maximum Gasteiger partial charge on any atom is 0.237 e. The Morgan fingerprint density at radius 1 is 1.32 bits per heavy atom. The first-order valence-electron chi connectivity index (χ1n) is 6.36. The lowest BCUT2D eigenvalue weighted by Crippen LogP contribution is -2.17. The summed E-state index contributed by atoms with van der Waals surface area (Å²) >= 11 is 0. The van der Waals surface area contributed by atoms with Gasteiger partial charge < -0.3 is 4.52 Å². The first-order chi connectivity index (χ1) is 9.24. The summed E-state index contributed by atoms with van der Waals surface area (Å²) < 4.78 is 18.3. The van der Waals surface area contributed by atoms with Gasteiger partial charge in [-0.25, -0.2) is 4.39 Å². The molecular formula is C14H13FN2O2. The molecule has 19 heavy (non-hydrogen) atoms. The molecule has 0 spiro atoms. The molecule has 0 amide bonds. The van der Waals surface area contributed by atoms with E-state index >= 15 is 0 Å². The van der Waals surface area contributed by atoms with Crippen molar-refractivity contribution in [3.8, 4) is 11.4 Å². The van der Waals surface area contributed by atoms with Crippen LogP contribution in [0.4, 0.5) is 4.39 Å². The molecule has 1 fully saturated rings. The van der Waals surface area contributed by atoms with E-state index in [0.717, 1.165) is 19.3 Å². The van der Waals surface area contributed by atoms with Crippen LogP contribution < -0.4 is 0 Å². The van der Waals surface area contributed by atoms with Gasteiger partial charge in [0.15, 0.2) is 0 Å². The Morgan fingerprint density at radius 3 is 3.00 bits per heavy atom. The second kappa shape index (κ2) is 4.91. The number of rotatable bonds is 2. The highest BCUT2D eigenvalue weighted by Crippen LogP contribution is 2.30. The van der Waals surface area contributed by atoms with Crippen LogP contribution in [0.15, 0.2) is 28.8 Å². The molecule has 1 unspecified atom stereocenters. The molecule has 3 rings (SSSR count). The number of ketones is 1. The molecule has 1 aromatic carbocycles. The number of Topliss-reactive ketones (excluding diaryl/α,β-unsaturated/α-hetero) is 1. The Morgan fingerprint density at radius 2 is 2.21 bits per heavy atom. The van der Waals surface area contributed by atoms with E-state index in [-0.39, 0.29) is 17.5 Å². The van der Waals surface area contributed by atoms with Crippen LogP contribution >= 0.6 is 0 Å². The van der Waals surface area contributed by atoms with Gasteiger partial charge in [-0.3, -0.25) is 4.79 Å². The van der Waals surface area contributed by atoms with Crippen molar-refractivity contribution >= 4 is 5.78 Å². The second-order valence-corrected chi connectivity index (χ2v) is 4.73. The number of nitrogens with zero attached hydrogens (tertiary/aromatic N) is 2. The van der Waals surface area contributed by atoms with E-state index < -0.39 is 0 Å². The van der Waals surface area contributed by atoms with Crippen molar-refractivity contribution in [2.75, 3.05) is 0 Å². The highest BCUT2D eigenvalue weighted by atomic mass is 19.1. The number of aromatic nitrogens is 2. The molecule has 1 aliphatic rings. The fraction of sp³-hybridized carbons (Fsp3) is 0.357. The Kier molecular flexibility index (Phi) is 3.11. The number of hydrogen-bond acceptors (Lipinski definition) is 4. The van der Waals surface area contributed by atoms with Gasteiger partial charge in [0, 0.05) is 12.0 Å². The summed E-state index contributed by atoms with van der Waals surface area (Å²) in [6.45, 7) is 0. The van der Waals surface area contributed by atoms with Crippen molar-refractivity contribution in [2.45, 2.75) is 31.6 Å². The largest absolute Gasteiger partial charge is 0.338 e. The molecule has 98 valence electrons. The molecule has 0 N–H and O–H groups in total. The van der Waals surface area contributed by atoms with E-state index in [1.165, 1.54) is 12.1 Å². The van der Waals surface area contributed by atoms with Crippen molar-refractivity contribution in [3.63, 3.8) is 0 Å². The summed E-state index contributed by atoms with van der Waals surface area (Å²) in [4.78, 5) is 16.0. The maximum absolute atomic E-state index is 13.1. The lowest BCUT2D eigenvalue weighted by atomic mass is 9.88. The molecule has 1 atom stereocenters. The first kappa shape index (κ1) is 12.0. The van der Waals surface area contributed by atoms with Gasteiger partial charge in [-0.05, 0) is 25.0 Å². The van der Waals surface area contributed by atoms with Gasteiger partial charge in [0.2, 0.25) is 11.7 Å². The zero-order chi connectivity index (χ0) is 13.2. The number of carbonyl (C=O) groups is 1. The van der Waals surface area contributed by atoms with E-state index in [9.17, 15) is 9.18 Å². The smallest absolute Gasteiger partial charge is 0.237 e. The molecule has 1 aromatic heterocycles. The standard InChI is InChI=1S/C14H13FN2O2/c15-10-5-3-4-9(8-10)13-16-14(19-17-13)11-6-1-2-7-12(11)18/h3-5,8,11H,1-2,6-7H2. The fourth-order valence-electron chi connectivity index (χ4n) is 2.37. The van der Waals surface area contributed by atoms with Crippen molar-refractivity contribution < 1.29 is 13.7 Å². The fourth-order valence-corrected chi connectivity index (χ4v) is 2.37. The van der Waals surface area contributed by atoms with E-state index in [4.69, 9.17) is 4.52 Å². The molecule has 0 aliphatic heterocycles. The molecule has 1 saturated carbocycles. The van der Waals surface area contributed by atoms with Gasteiger partial charge in [0.1, 0.15) is 11.6 Å². The zero-order valence-electron chi connectivity index (χ0n) is 10.3. The van der Waals surface area contributed by atoms with Crippen LogP contribution in [0, 0.1) is 5.82 Å². The molecule has 2 aromatic rings. The van der Waals surface area contributed by atoms with Gasteiger partial charge in [0.05, 0.1) is 5.92 Å². The average molecular weight is 260 g/mol. The lowest BCUT2D eigenvalue weighted by Gasteiger charge is -2.16. The summed E-state index contributed by atoms with van der Waals surface area (Å²) in [5.41, 5.74) is 0.554. The van der Waals surface area contributed by atoms with E-state index in [1.54, 1.807) is 12.1 Å². The Balaban J connectivity index is 1.89. The predicted molar refractivity (Wildman–Crippen MR) is 65.9 cm³/mol. The van der Waals surface area contributed by atoms with Gasteiger partial charge in [-0.2, -0.15) is 4.98 Å².